The summed E-state index contributed by atoms with van der Waals surface area (Å²) in [6.07, 6.45) is 1.87. The van der Waals surface area contributed by atoms with Crippen molar-refractivity contribution in [2.75, 3.05) is 25.1 Å². The number of ether oxygens (including phenoxy) is 1. The molecular weight excluding hydrogens is 462 g/mol. The summed E-state index contributed by atoms with van der Waals surface area (Å²) in [5.41, 5.74) is 2.42. The number of benzene rings is 3. The van der Waals surface area contributed by atoms with E-state index < -0.39 is 6.04 Å². The largest absolute Gasteiger partial charge is 0.497 e. The third kappa shape index (κ3) is 6.55. The highest BCUT2D eigenvalue weighted by Gasteiger charge is 2.24. The van der Waals surface area contributed by atoms with Crippen molar-refractivity contribution >= 4 is 29.1 Å². The molecule has 1 atom stereocenters. The Balaban J connectivity index is 1.35. The molecule has 0 spiro atoms. The van der Waals surface area contributed by atoms with E-state index in [1.807, 2.05) is 42.5 Å². The van der Waals surface area contributed by atoms with Gasteiger partial charge in [0, 0.05) is 24.8 Å². The molecule has 2 amide bonds. The molecule has 7 heteroatoms. The van der Waals surface area contributed by atoms with E-state index in [0.29, 0.717) is 10.6 Å². The Hall–Kier alpha value is -3.51. The fourth-order valence-electron chi connectivity index (χ4n) is 4.37. The van der Waals surface area contributed by atoms with Crippen LogP contribution in [0.3, 0.4) is 0 Å². The molecule has 0 bridgehead atoms. The minimum absolute atomic E-state index is 0.0822. The molecule has 1 fully saturated rings. The molecule has 3 aromatic rings. The molecule has 2 N–H and O–H groups in total. The molecular formula is C28H30ClN3O3. The predicted molar refractivity (Wildman–Crippen MR) is 139 cm³/mol. The maximum Gasteiger partial charge on any atom is 0.253 e. The van der Waals surface area contributed by atoms with Gasteiger partial charge in [-0.15, -0.1) is 0 Å². The Bertz CT molecular complexity index is 1130. The van der Waals surface area contributed by atoms with Crippen LogP contribution in [0.25, 0.3) is 0 Å². The number of rotatable bonds is 8. The second-order valence-corrected chi connectivity index (χ2v) is 9.05. The van der Waals surface area contributed by atoms with Gasteiger partial charge in [0.15, 0.2) is 0 Å². The molecule has 0 aliphatic carbocycles. The minimum Gasteiger partial charge on any atom is -0.497 e. The molecule has 0 aromatic heterocycles. The lowest BCUT2D eigenvalue weighted by atomic mass is 10.0. The molecule has 0 saturated carbocycles. The van der Waals surface area contributed by atoms with Gasteiger partial charge in [-0.1, -0.05) is 54.1 Å². The number of halogens is 1. The molecule has 4 rings (SSSR count). The first-order valence-electron chi connectivity index (χ1n) is 11.8. The maximum atomic E-state index is 13.0. The zero-order chi connectivity index (χ0) is 24.6. The normalized spacial score (nSPS) is 14.7. The molecule has 1 aliphatic rings. The van der Waals surface area contributed by atoms with Gasteiger partial charge in [0.1, 0.15) is 5.75 Å². The average Bonchev–Trinajstić information content (AvgIpc) is 2.89. The lowest BCUT2D eigenvalue weighted by Crippen LogP contribution is -2.45. The van der Waals surface area contributed by atoms with Crippen LogP contribution < -0.4 is 20.3 Å². The van der Waals surface area contributed by atoms with E-state index in [-0.39, 0.29) is 24.3 Å². The number of hydrogen-bond donors (Lipinski definition) is 2. The molecule has 1 unspecified atom stereocenters. The van der Waals surface area contributed by atoms with Crippen LogP contribution in [0.1, 0.15) is 41.2 Å². The topological polar surface area (TPSA) is 70.7 Å². The molecule has 1 saturated heterocycles. The Morgan fingerprint density at radius 3 is 2.29 bits per heavy atom. The molecule has 1 aliphatic heterocycles. The van der Waals surface area contributed by atoms with Gasteiger partial charge in [-0.25, -0.2) is 0 Å². The third-order valence-corrected chi connectivity index (χ3v) is 6.64. The first kappa shape index (κ1) is 24.6. The first-order valence-corrected chi connectivity index (χ1v) is 12.2. The van der Waals surface area contributed by atoms with Crippen LogP contribution in [0, 0.1) is 0 Å². The van der Waals surface area contributed by atoms with Crippen molar-refractivity contribution in [3.63, 3.8) is 0 Å². The number of anilines is 1. The van der Waals surface area contributed by atoms with Crippen LogP contribution in [-0.2, 0) is 4.79 Å². The Morgan fingerprint density at radius 1 is 0.971 bits per heavy atom. The monoisotopic (exact) mass is 491 g/mol. The van der Waals surface area contributed by atoms with E-state index in [0.717, 1.165) is 42.9 Å². The zero-order valence-electron chi connectivity index (χ0n) is 19.7. The molecule has 3 aromatic carbocycles. The summed E-state index contributed by atoms with van der Waals surface area (Å²) in [5.74, 6) is 0.455. The van der Waals surface area contributed by atoms with Crippen LogP contribution in [0.2, 0.25) is 5.02 Å². The summed E-state index contributed by atoms with van der Waals surface area (Å²) in [4.78, 5) is 28.2. The van der Waals surface area contributed by atoms with Crippen LogP contribution in [-0.4, -0.2) is 38.1 Å². The van der Waals surface area contributed by atoms with E-state index >= 15 is 0 Å². The summed E-state index contributed by atoms with van der Waals surface area (Å²) >= 11 is 6.20. The van der Waals surface area contributed by atoms with Crippen molar-refractivity contribution < 1.29 is 14.3 Å². The van der Waals surface area contributed by atoms with E-state index in [9.17, 15) is 9.59 Å². The van der Waals surface area contributed by atoms with E-state index in [1.54, 1.807) is 31.4 Å². The molecule has 0 radical (unpaired) electrons. The number of methoxy groups -OCH3 is 1. The highest BCUT2D eigenvalue weighted by molar-refractivity contribution is 6.33. The SMILES string of the molecule is COc1ccc(N2CCC(NC(=O)CC(NC(=O)c3ccccc3Cl)c3ccccc3)CC2)cc1. The van der Waals surface area contributed by atoms with Gasteiger partial charge < -0.3 is 20.3 Å². The molecule has 182 valence electrons. The summed E-state index contributed by atoms with van der Waals surface area (Å²) in [7, 11) is 1.66. The van der Waals surface area contributed by atoms with Crippen LogP contribution in [0.15, 0.2) is 78.9 Å². The summed E-state index contributed by atoms with van der Waals surface area (Å²) in [5, 5.41) is 6.54. The number of hydrogen-bond acceptors (Lipinski definition) is 4. The maximum absolute atomic E-state index is 13.0. The third-order valence-electron chi connectivity index (χ3n) is 6.31. The number of carbonyl (C=O) groups excluding carboxylic acids is 2. The number of amides is 2. The lowest BCUT2D eigenvalue weighted by molar-refractivity contribution is -0.122. The predicted octanol–water partition coefficient (Wildman–Crippen LogP) is 5.00. The van der Waals surface area contributed by atoms with Gasteiger partial charge in [0.2, 0.25) is 5.91 Å². The van der Waals surface area contributed by atoms with Gasteiger partial charge in [-0.05, 0) is 54.8 Å². The Morgan fingerprint density at radius 2 is 1.63 bits per heavy atom. The van der Waals surface area contributed by atoms with Crippen LogP contribution in [0.5, 0.6) is 5.75 Å². The van der Waals surface area contributed by atoms with Crippen molar-refractivity contribution in [1.29, 1.82) is 0 Å². The number of carbonyl (C=O) groups is 2. The quantitative estimate of drug-likeness (QED) is 0.465. The Labute approximate surface area is 211 Å². The van der Waals surface area contributed by atoms with Crippen LogP contribution in [0.4, 0.5) is 5.69 Å². The summed E-state index contributed by atoms with van der Waals surface area (Å²) in [6.45, 7) is 1.73. The Kier molecular flexibility index (Phi) is 8.27. The van der Waals surface area contributed by atoms with Crippen LogP contribution >= 0.6 is 11.6 Å². The van der Waals surface area contributed by atoms with E-state index in [4.69, 9.17) is 16.3 Å². The van der Waals surface area contributed by atoms with Crippen molar-refractivity contribution in [1.82, 2.24) is 10.6 Å². The highest BCUT2D eigenvalue weighted by atomic mass is 35.5. The van der Waals surface area contributed by atoms with E-state index in [2.05, 4.69) is 27.7 Å². The number of piperidine rings is 1. The average molecular weight is 492 g/mol. The van der Waals surface area contributed by atoms with Gasteiger partial charge in [0.05, 0.1) is 30.2 Å². The standard InChI is InChI=1S/C28H30ClN3O3/c1-35-23-13-11-22(12-14-23)32-17-15-21(16-18-32)30-27(33)19-26(20-7-3-2-4-8-20)31-28(34)24-9-5-6-10-25(24)29/h2-14,21,26H,15-19H2,1H3,(H,30,33)(H,31,34). The number of nitrogens with zero attached hydrogens (tertiary/aromatic N) is 1. The van der Waals surface area contributed by atoms with Crippen molar-refractivity contribution in [2.45, 2.75) is 31.3 Å². The summed E-state index contributed by atoms with van der Waals surface area (Å²) in [6, 6.07) is 24.1. The fourth-order valence-corrected chi connectivity index (χ4v) is 4.59. The highest BCUT2D eigenvalue weighted by Crippen LogP contribution is 2.24. The van der Waals surface area contributed by atoms with Gasteiger partial charge >= 0.3 is 0 Å². The lowest BCUT2D eigenvalue weighted by Gasteiger charge is -2.34. The van der Waals surface area contributed by atoms with Gasteiger partial charge in [0.25, 0.3) is 5.91 Å². The fraction of sp³-hybridized carbons (Fsp3) is 0.286. The second-order valence-electron chi connectivity index (χ2n) is 8.65. The number of nitrogens with one attached hydrogen (secondary N) is 2. The van der Waals surface area contributed by atoms with Gasteiger partial charge in [-0.3, -0.25) is 9.59 Å². The van der Waals surface area contributed by atoms with Crippen molar-refractivity contribution in [3.8, 4) is 5.75 Å². The van der Waals surface area contributed by atoms with Crippen molar-refractivity contribution in [2.24, 2.45) is 0 Å². The molecule has 6 nitrogen and oxygen atoms in total. The van der Waals surface area contributed by atoms with Gasteiger partial charge in [-0.2, -0.15) is 0 Å². The van der Waals surface area contributed by atoms with E-state index in [1.165, 1.54) is 0 Å². The second kappa shape index (κ2) is 11.8. The van der Waals surface area contributed by atoms with Crippen molar-refractivity contribution in [3.05, 3.63) is 95.0 Å². The molecule has 35 heavy (non-hydrogen) atoms. The smallest absolute Gasteiger partial charge is 0.253 e. The molecule has 1 heterocycles. The summed E-state index contributed by atoms with van der Waals surface area (Å²) < 4.78 is 5.24. The first-order chi connectivity index (χ1) is 17.0. The minimum atomic E-state index is -0.459. The zero-order valence-corrected chi connectivity index (χ0v) is 20.5.